The van der Waals surface area contributed by atoms with Crippen molar-refractivity contribution < 1.29 is 0 Å². The number of aromatic nitrogens is 1. The van der Waals surface area contributed by atoms with E-state index in [0.717, 1.165) is 6.42 Å². The van der Waals surface area contributed by atoms with Crippen LogP contribution in [-0.2, 0) is 0 Å². The third-order valence-corrected chi connectivity index (χ3v) is 2.42. The minimum absolute atomic E-state index is 1.08. The first kappa shape index (κ1) is 6.06. The molecule has 1 aromatic heterocycles. The maximum absolute atomic E-state index is 3.39. The van der Waals surface area contributed by atoms with Gasteiger partial charge in [0.25, 0.3) is 0 Å². The van der Waals surface area contributed by atoms with Crippen LogP contribution >= 0.6 is 0 Å². The van der Waals surface area contributed by atoms with Gasteiger partial charge in [-0.1, -0.05) is 30.4 Å². The average Bonchev–Trinajstić information content (AvgIpc) is 2.62. The Morgan fingerprint density at radius 1 is 1.08 bits per heavy atom. The summed E-state index contributed by atoms with van der Waals surface area (Å²) in [4.78, 5) is 3.39. The monoisotopic (exact) mass is 155 g/mol. The zero-order valence-corrected chi connectivity index (χ0v) is 6.67. The van der Waals surface area contributed by atoms with E-state index in [1.54, 1.807) is 0 Å². The molecule has 1 aliphatic rings. The Morgan fingerprint density at radius 2 is 2.00 bits per heavy atom. The zero-order valence-electron chi connectivity index (χ0n) is 6.67. The molecule has 1 nitrogen and oxygen atoms in total. The number of benzene rings is 1. The molecule has 3 rings (SSSR count). The van der Waals surface area contributed by atoms with Crippen molar-refractivity contribution >= 4 is 23.1 Å². The Morgan fingerprint density at radius 3 is 3.00 bits per heavy atom. The lowest BCUT2D eigenvalue weighted by Crippen LogP contribution is -2.18. The Kier molecular flexibility index (Phi) is 1.01. The maximum Gasteiger partial charge on any atom is 0.0464 e. The lowest BCUT2D eigenvalue weighted by Gasteiger charge is -1.85. The number of hydrogen-bond donors (Lipinski definition) is 1. The highest BCUT2D eigenvalue weighted by molar-refractivity contribution is 5.82. The first-order valence-electron chi connectivity index (χ1n) is 4.22. The fourth-order valence-corrected chi connectivity index (χ4v) is 1.86. The molecule has 0 amide bonds. The van der Waals surface area contributed by atoms with Crippen LogP contribution < -0.4 is 10.6 Å². The van der Waals surface area contributed by atoms with Crippen LogP contribution in [0.15, 0.2) is 24.3 Å². The minimum atomic E-state index is 1.08. The molecule has 0 radical (unpaired) electrons. The van der Waals surface area contributed by atoms with Gasteiger partial charge in [-0.3, -0.25) is 0 Å². The SMILES string of the molecule is C1=c2[nH]c3ccccc3c2=CC1. The van der Waals surface area contributed by atoms with Gasteiger partial charge in [0.1, 0.15) is 0 Å². The predicted molar refractivity (Wildman–Crippen MR) is 51.1 cm³/mol. The summed E-state index contributed by atoms with van der Waals surface area (Å²) >= 11 is 0. The Bertz CT molecular complexity index is 546. The summed E-state index contributed by atoms with van der Waals surface area (Å²) in [7, 11) is 0. The molecule has 0 bridgehead atoms. The molecule has 0 spiro atoms. The van der Waals surface area contributed by atoms with E-state index in [-0.39, 0.29) is 0 Å². The van der Waals surface area contributed by atoms with Crippen molar-refractivity contribution in [3.8, 4) is 0 Å². The highest BCUT2D eigenvalue weighted by Gasteiger charge is 2.00. The van der Waals surface area contributed by atoms with Gasteiger partial charge in [-0.2, -0.15) is 0 Å². The Labute approximate surface area is 70.0 Å². The third kappa shape index (κ3) is 0.632. The Hall–Kier alpha value is -1.50. The predicted octanol–water partition coefficient (Wildman–Crippen LogP) is 1.13. The molecule has 0 fully saturated rings. The van der Waals surface area contributed by atoms with Crippen LogP contribution in [-0.4, -0.2) is 4.98 Å². The van der Waals surface area contributed by atoms with E-state index < -0.39 is 0 Å². The van der Waals surface area contributed by atoms with Gasteiger partial charge in [0.15, 0.2) is 0 Å². The van der Waals surface area contributed by atoms with Crippen LogP contribution in [0.3, 0.4) is 0 Å². The molecule has 0 atom stereocenters. The number of aromatic amines is 1. The van der Waals surface area contributed by atoms with Crippen molar-refractivity contribution in [2.75, 3.05) is 0 Å². The van der Waals surface area contributed by atoms with E-state index in [1.807, 2.05) is 0 Å². The Balaban J connectivity index is 2.71. The van der Waals surface area contributed by atoms with Gasteiger partial charge in [-0.25, -0.2) is 0 Å². The lowest BCUT2D eigenvalue weighted by molar-refractivity contribution is 1.36. The highest BCUT2D eigenvalue weighted by Crippen LogP contribution is 2.05. The van der Waals surface area contributed by atoms with E-state index in [9.17, 15) is 0 Å². The number of H-pyrrole nitrogens is 1. The van der Waals surface area contributed by atoms with Gasteiger partial charge in [-0.15, -0.1) is 0 Å². The van der Waals surface area contributed by atoms with Gasteiger partial charge < -0.3 is 4.98 Å². The number of hydrogen-bond acceptors (Lipinski definition) is 0. The first-order valence-corrected chi connectivity index (χ1v) is 4.22. The normalized spacial score (nSPS) is 14.0. The van der Waals surface area contributed by atoms with Gasteiger partial charge in [0, 0.05) is 21.5 Å². The van der Waals surface area contributed by atoms with E-state index in [2.05, 4.69) is 41.4 Å². The van der Waals surface area contributed by atoms with Crippen molar-refractivity contribution in [3.05, 3.63) is 34.8 Å². The molecule has 0 unspecified atom stereocenters. The summed E-state index contributed by atoms with van der Waals surface area (Å²) in [6, 6.07) is 8.44. The summed E-state index contributed by atoms with van der Waals surface area (Å²) in [6.07, 6.45) is 5.58. The molecule has 1 N–H and O–H groups in total. The van der Waals surface area contributed by atoms with Gasteiger partial charge in [0.05, 0.1) is 0 Å². The second-order valence-corrected chi connectivity index (χ2v) is 3.14. The zero-order chi connectivity index (χ0) is 7.97. The van der Waals surface area contributed by atoms with E-state index in [0.29, 0.717) is 0 Å². The highest BCUT2D eigenvalue weighted by atomic mass is 14.7. The average molecular weight is 155 g/mol. The van der Waals surface area contributed by atoms with Gasteiger partial charge in [-0.05, 0) is 12.5 Å². The summed E-state index contributed by atoms with van der Waals surface area (Å²) in [5, 5.41) is 4.02. The largest absolute Gasteiger partial charge is 0.355 e. The summed E-state index contributed by atoms with van der Waals surface area (Å²) in [5.74, 6) is 0. The molecule has 2 aromatic rings. The third-order valence-electron chi connectivity index (χ3n) is 2.42. The smallest absolute Gasteiger partial charge is 0.0464 e. The summed E-state index contributed by atoms with van der Waals surface area (Å²) < 4.78 is 0. The van der Waals surface area contributed by atoms with Crippen molar-refractivity contribution in [2.45, 2.75) is 6.42 Å². The molecule has 0 saturated heterocycles. The van der Waals surface area contributed by atoms with E-state index in [1.165, 1.54) is 21.5 Å². The summed E-state index contributed by atoms with van der Waals surface area (Å²) in [6.45, 7) is 0. The molecule has 58 valence electrons. The summed E-state index contributed by atoms with van der Waals surface area (Å²) in [5.41, 5.74) is 1.25. The van der Waals surface area contributed by atoms with Crippen molar-refractivity contribution in [1.29, 1.82) is 0 Å². The van der Waals surface area contributed by atoms with E-state index >= 15 is 0 Å². The molecule has 1 heterocycles. The second kappa shape index (κ2) is 2.01. The fourth-order valence-electron chi connectivity index (χ4n) is 1.86. The molecule has 0 aliphatic heterocycles. The lowest BCUT2D eigenvalue weighted by atomic mass is 10.2. The maximum atomic E-state index is 3.39. The van der Waals surface area contributed by atoms with Crippen molar-refractivity contribution in [3.63, 3.8) is 0 Å². The second-order valence-electron chi connectivity index (χ2n) is 3.14. The number of rotatable bonds is 0. The van der Waals surface area contributed by atoms with Crippen LogP contribution in [0.4, 0.5) is 0 Å². The molecule has 12 heavy (non-hydrogen) atoms. The molecule has 1 aromatic carbocycles. The van der Waals surface area contributed by atoms with Crippen LogP contribution in [0, 0.1) is 0 Å². The topological polar surface area (TPSA) is 15.8 Å². The molecule has 0 saturated carbocycles. The molecular weight excluding hydrogens is 146 g/mol. The van der Waals surface area contributed by atoms with Gasteiger partial charge in [0.2, 0.25) is 0 Å². The standard InChI is InChI=1S/C11H9N/c1-2-6-10-8(4-1)9-5-3-7-11(9)12-10/h1-2,4-7,12H,3H2. The van der Waals surface area contributed by atoms with Crippen LogP contribution in [0.1, 0.15) is 6.42 Å². The van der Waals surface area contributed by atoms with Crippen molar-refractivity contribution in [1.82, 2.24) is 4.98 Å². The van der Waals surface area contributed by atoms with Crippen LogP contribution in [0.5, 0.6) is 0 Å². The number of nitrogens with one attached hydrogen (secondary N) is 1. The number of fused-ring (bicyclic) bond motifs is 3. The molecular formula is C11H9N. The van der Waals surface area contributed by atoms with Crippen molar-refractivity contribution in [2.24, 2.45) is 0 Å². The van der Waals surface area contributed by atoms with Crippen LogP contribution in [0.2, 0.25) is 0 Å². The molecule has 1 aliphatic carbocycles. The first-order chi connectivity index (χ1) is 5.95. The number of para-hydroxylation sites is 1. The van der Waals surface area contributed by atoms with Gasteiger partial charge >= 0.3 is 0 Å². The quantitative estimate of drug-likeness (QED) is 0.587. The van der Waals surface area contributed by atoms with Crippen LogP contribution in [0.25, 0.3) is 23.1 Å². The minimum Gasteiger partial charge on any atom is -0.355 e. The van der Waals surface area contributed by atoms with E-state index in [4.69, 9.17) is 0 Å². The molecule has 1 heteroatoms. The fraction of sp³-hybridized carbons (Fsp3) is 0.0909.